The molecule has 1 aliphatic heterocycles. The van der Waals surface area contributed by atoms with Crippen molar-refractivity contribution in [3.63, 3.8) is 0 Å². The number of anilines is 1. The lowest BCUT2D eigenvalue weighted by Gasteiger charge is -2.12. The Labute approximate surface area is 103 Å². The van der Waals surface area contributed by atoms with Gasteiger partial charge in [-0.3, -0.25) is 14.5 Å². The number of nitrogen functional groups attached to an aromatic ring is 1. The van der Waals surface area contributed by atoms with E-state index < -0.39 is 0 Å². The fourth-order valence-corrected chi connectivity index (χ4v) is 2.32. The molecule has 0 saturated carbocycles. The Morgan fingerprint density at radius 1 is 1.53 bits per heavy atom. The summed E-state index contributed by atoms with van der Waals surface area (Å²) in [5, 5.41) is 0.735. The Hall–Kier alpha value is -1.56. The summed E-state index contributed by atoms with van der Waals surface area (Å²) in [6, 6.07) is 3.50. The summed E-state index contributed by atoms with van der Waals surface area (Å²) in [5.41, 5.74) is 6.10. The van der Waals surface area contributed by atoms with Crippen molar-refractivity contribution in [2.24, 2.45) is 0 Å². The number of nitrogens with zero attached hydrogens (tertiary/aromatic N) is 2. The number of thioether (sulfide) groups is 1. The molecule has 2 rings (SSSR count). The van der Waals surface area contributed by atoms with Gasteiger partial charge in [-0.15, -0.1) is 0 Å². The average molecular weight is 251 g/mol. The van der Waals surface area contributed by atoms with Crippen molar-refractivity contribution in [2.45, 2.75) is 17.9 Å². The first-order valence-corrected chi connectivity index (χ1v) is 6.33. The van der Waals surface area contributed by atoms with Crippen LogP contribution in [0.2, 0.25) is 0 Å². The zero-order valence-corrected chi connectivity index (χ0v) is 10.1. The van der Waals surface area contributed by atoms with Gasteiger partial charge in [-0.05, 0) is 18.6 Å². The summed E-state index contributed by atoms with van der Waals surface area (Å²) >= 11 is 1.32. The van der Waals surface area contributed by atoms with E-state index in [0.29, 0.717) is 18.7 Å². The molecule has 1 aliphatic rings. The van der Waals surface area contributed by atoms with Gasteiger partial charge < -0.3 is 5.73 Å². The lowest BCUT2D eigenvalue weighted by atomic mass is 10.4. The van der Waals surface area contributed by atoms with Crippen molar-refractivity contribution in [1.82, 2.24) is 9.88 Å². The highest BCUT2D eigenvalue weighted by molar-refractivity contribution is 7.99. The number of carbonyl (C=O) groups excluding carboxylic acids is 2. The monoisotopic (exact) mass is 251 g/mol. The van der Waals surface area contributed by atoms with Crippen LogP contribution in [0, 0.1) is 0 Å². The number of rotatable bonds is 3. The van der Waals surface area contributed by atoms with Gasteiger partial charge >= 0.3 is 0 Å². The van der Waals surface area contributed by atoms with E-state index in [1.54, 1.807) is 18.3 Å². The Morgan fingerprint density at radius 2 is 2.35 bits per heavy atom. The quantitative estimate of drug-likeness (QED) is 0.808. The van der Waals surface area contributed by atoms with Gasteiger partial charge in [-0.1, -0.05) is 11.8 Å². The SMILES string of the molecule is Nc1ccc(SCC(=O)N2CCCC2=O)nc1. The summed E-state index contributed by atoms with van der Waals surface area (Å²) in [4.78, 5) is 28.5. The second kappa shape index (κ2) is 5.18. The maximum absolute atomic E-state index is 11.7. The zero-order chi connectivity index (χ0) is 12.3. The molecular formula is C11H13N3O2S. The van der Waals surface area contributed by atoms with Crippen molar-refractivity contribution < 1.29 is 9.59 Å². The number of carbonyl (C=O) groups is 2. The maximum Gasteiger partial charge on any atom is 0.239 e. The predicted octanol–water partition coefficient (Wildman–Crippen LogP) is 0.905. The Bertz CT molecular complexity index is 433. The van der Waals surface area contributed by atoms with Crippen LogP contribution >= 0.6 is 11.8 Å². The first-order chi connectivity index (χ1) is 8.16. The van der Waals surface area contributed by atoms with E-state index in [0.717, 1.165) is 11.4 Å². The van der Waals surface area contributed by atoms with E-state index in [2.05, 4.69) is 4.98 Å². The minimum atomic E-state index is -0.142. The molecular weight excluding hydrogens is 238 g/mol. The molecule has 6 heteroatoms. The smallest absolute Gasteiger partial charge is 0.239 e. The van der Waals surface area contributed by atoms with Gasteiger partial charge in [0.1, 0.15) is 0 Å². The van der Waals surface area contributed by atoms with Gasteiger partial charge in [0.15, 0.2) is 0 Å². The fourth-order valence-electron chi connectivity index (χ4n) is 1.60. The van der Waals surface area contributed by atoms with E-state index in [1.165, 1.54) is 16.7 Å². The van der Waals surface area contributed by atoms with Crippen LogP contribution in [0.15, 0.2) is 23.4 Å². The molecule has 0 atom stereocenters. The number of hydrogen-bond donors (Lipinski definition) is 1. The largest absolute Gasteiger partial charge is 0.397 e. The first kappa shape index (κ1) is 11.9. The van der Waals surface area contributed by atoms with Gasteiger partial charge in [0.05, 0.1) is 22.7 Å². The average Bonchev–Trinajstić information content (AvgIpc) is 2.74. The van der Waals surface area contributed by atoms with Crippen LogP contribution in [-0.2, 0) is 9.59 Å². The third-order valence-electron chi connectivity index (χ3n) is 2.48. The lowest BCUT2D eigenvalue weighted by Crippen LogP contribution is -2.33. The highest BCUT2D eigenvalue weighted by Crippen LogP contribution is 2.18. The highest BCUT2D eigenvalue weighted by atomic mass is 32.2. The molecule has 0 bridgehead atoms. The van der Waals surface area contributed by atoms with Gasteiger partial charge in [0.25, 0.3) is 0 Å². The number of aromatic nitrogens is 1. The van der Waals surface area contributed by atoms with E-state index in [-0.39, 0.29) is 17.6 Å². The van der Waals surface area contributed by atoms with Crippen LogP contribution in [0.5, 0.6) is 0 Å². The third kappa shape index (κ3) is 2.97. The summed E-state index contributed by atoms with van der Waals surface area (Å²) < 4.78 is 0. The number of imide groups is 1. The molecule has 1 fully saturated rings. The van der Waals surface area contributed by atoms with Gasteiger partial charge in [0, 0.05) is 13.0 Å². The van der Waals surface area contributed by atoms with Crippen LogP contribution in [0.1, 0.15) is 12.8 Å². The van der Waals surface area contributed by atoms with Crippen LogP contribution in [-0.4, -0.2) is 34.0 Å². The molecule has 0 aromatic carbocycles. The third-order valence-corrected chi connectivity index (χ3v) is 3.41. The minimum Gasteiger partial charge on any atom is -0.397 e. The molecule has 1 saturated heterocycles. The van der Waals surface area contributed by atoms with Crippen molar-refractivity contribution in [1.29, 1.82) is 0 Å². The number of likely N-dealkylation sites (tertiary alicyclic amines) is 1. The maximum atomic E-state index is 11.7. The number of hydrogen-bond acceptors (Lipinski definition) is 5. The van der Waals surface area contributed by atoms with Crippen molar-refractivity contribution in [3.05, 3.63) is 18.3 Å². The molecule has 1 aromatic heterocycles. The predicted molar refractivity (Wildman–Crippen MR) is 65.3 cm³/mol. The molecule has 1 aromatic rings. The molecule has 2 heterocycles. The van der Waals surface area contributed by atoms with Crippen molar-refractivity contribution in [3.8, 4) is 0 Å². The Balaban J connectivity index is 1.87. The van der Waals surface area contributed by atoms with Crippen LogP contribution in [0.4, 0.5) is 5.69 Å². The molecule has 0 spiro atoms. The van der Waals surface area contributed by atoms with Crippen LogP contribution in [0.25, 0.3) is 0 Å². The number of pyridine rings is 1. The molecule has 17 heavy (non-hydrogen) atoms. The fraction of sp³-hybridized carbons (Fsp3) is 0.364. The number of nitrogens with two attached hydrogens (primary N) is 1. The molecule has 2 amide bonds. The molecule has 90 valence electrons. The molecule has 0 radical (unpaired) electrons. The second-order valence-corrected chi connectivity index (χ2v) is 4.76. The van der Waals surface area contributed by atoms with E-state index in [4.69, 9.17) is 5.73 Å². The minimum absolute atomic E-state index is 0.0686. The van der Waals surface area contributed by atoms with Crippen molar-refractivity contribution in [2.75, 3.05) is 18.0 Å². The van der Waals surface area contributed by atoms with Gasteiger partial charge in [-0.25, -0.2) is 4.98 Å². The summed E-state index contributed by atoms with van der Waals surface area (Å²) in [7, 11) is 0. The normalized spacial score (nSPS) is 15.3. The van der Waals surface area contributed by atoms with E-state index >= 15 is 0 Å². The molecule has 5 nitrogen and oxygen atoms in total. The molecule has 0 unspecified atom stereocenters. The van der Waals surface area contributed by atoms with E-state index in [1.807, 2.05) is 0 Å². The second-order valence-electron chi connectivity index (χ2n) is 3.76. The molecule has 2 N–H and O–H groups in total. The Kier molecular flexibility index (Phi) is 3.63. The van der Waals surface area contributed by atoms with Crippen LogP contribution in [0.3, 0.4) is 0 Å². The summed E-state index contributed by atoms with van der Waals surface area (Å²) in [5.74, 6) is 0.0276. The van der Waals surface area contributed by atoms with Crippen molar-refractivity contribution >= 4 is 29.3 Å². The summed E-state index contributed by atoms with van der Waals surface area (Å²) in [6.45, 7) is 0.549. The van der Waals surface area contributed by atoms with Gasteiger partial charge in [-0.2, -0.15) is 0 Å². The van der Waals surface area contributed by atoms with Crippen LogP contribution < -0.4 is 5.73 Å². The standard InChI is InChI=1S/C11H13N3O2S/c12-8-3-4-9(13-6-8)17-7-11(16)14-5-1-2-10(14)15/h3-4,6H,1-2,5,7,12H2. The summed E-state index contributed by atoms with van der Waals surface area (Å²) in [6.07, 6.45) is 2.81. The molecule has 0 aliphatic carbocycles. The number of amides is 2. The Morgan fingerprint density at radius 3 is 2.94 bits per heavy atom. The topological polar surface area (TPSA) is 76.3 Å². The van der Waals surface area contributed by atoms with E-state index in [9.17, 15) is 9.59 Å². The lowest BCUT2D eigenvalue weighted by molar-refractivity contribution is -0.140. The first-order valence-electron chi connectivity index (χ1n) is 5.34. The van der Waals surface area contributed by atoms with Gasteiger partial charge in [0.2, 0.25) is 11.8 Å². The highest BCUT2D eigenvalue weighted by Gasteiger charge is 2.25. The zero-order valence-electron chi connectivity index (χ0n) is 9.26.